The van der Waals surface area contributed by atoms with Crippen molar-refractivity contribution in [3.8, 4) is 5.75 Å². The van der Waals surface area contributed by atoms with E-state index in [1.54, 1.807) is 7.11 Å². The topological polar surface area (TPSA) is 30.5 Å². The monoisotopic (exact) mass is 251 g/mol. The Hall–Kier alpha value is -1.22. The Morgan fingerprint density at radius 1 is 1.22 bits per heavy atom. The summed E-state index contributed by atoms with van der Waals surface area (Å²) >= 11 is 0. The molecule has 0 aromatic heterocycles. The van der Waals surface area contributed by atoms with E-state index in [0.717, 1.165) is 24.4 Å². The van der Waals surface area contributed by atoms with E-state index in [-0.39, 0.29) is 0 Å². The summed E-state index contributed by atoms with van der Waals surface area (Å²) in [5.74, 6) is 1.62. The molecule has 0 saturated heterocycles. The molecule has 0 aliphatic rings. The molecule has 0 unspecified atom stereocenters. The van der Waals surface area contributed by atoms with Crippen molar-refractivity contribution in [2.24, 2.45) is 5.92 Å². The fourth-order valence-electron chi connectivity index (χ4n) is 1.63. The van der Waals surface area contributed by atoms with E-state index in [1.807, 2.05) is 0 Å². The number of anilines is 1. The molecule has 18 heavy (non-hydrogen) atoms. The van der Waals surface area contributed by atoms with Gasteiger partial charge in [0, 0.05) is 13.7 Å². The third-order valence-corrected chi connectivity index (χ3v) is 2.72. The van der Waals surface area contributed by atoms with Gasteiger partial charge in [-0.15, -0.1) is 0 Å². The minimum Gasteiger partial charge on any atom is -0.489 e. The van der Waals surface area contributed by atoms with Gasteiger partial charge in [0.05, 0.1) is 12.3 Å². The number of ether oxygens (including phenoxy) is 2. The zero-order valence-corrected chi connectivity index (χ0v) is 12.0. The van der Waals surface area contributed by atoms with E-state index in [1.165, 1.54) is 5.56 Å². The first-order valence-electron chi connectivity index (χ1n) is 6.59. The third-order valence-electron chi connectivity index (χ3n) is 2.72. The maximum atomic E-state index is 5.73. The maximum absolute atomic E-state index is 5.73. The predicted octanol–water partition coefficient (Wildman–Crippen LogP) is 3.48. The highest BCUT2D eigenvalue weighted by molar-refractivity contribution is 5.57. The molecule has 1 rings (SSSR count). The van der Waals surface area contributed by atoms with Gasteiger partial charge in [-0.25, -0.2) is 0 Å². The molecule has 0 heterocycles. The van der Waals surface area contributed by atoms with Crippen molar-refractivity contribution in [2.75, 3.05) is 32.2 Å². The maximum Gasteiger partial charge on any atom is 0.142 e. The molecule has 0 amide bonds. The van der Waals surface area contributed by atoms with Crippen molar-refractivity contribution in [1.82, 2.24) is 0 Å². The van der Waals surface area contributed by atoms with Gasteiger partial charge in [-0.3, -0.25) is 0 Å². The molecule has 0 bridgehead atoms. The zero-order valence-electron chi connectivity index (χ0n) is 12.0. The number of nitrogens with one attached hydrogen (secondary N) is 1. The van der Waals surface area contributed by atoms with Crippen LogP contribution in [-0.4, -0.2) is 26.9 Å². The van der Waals surface area contributed by atoms with Gasteiger partial charge in [-0.2, -0.15) is 0 Å². The second kappa shape index (κ2) is 7.98. The van der Waals surface area contributed by atoms with Crippen molar-refractivity contribution in [3.05, 3.63) is 23.8 Å². The number of hydrogen-bond acceptors (Lipinski definition) is 3. The van der Waals surface area contributed by atoms with Crippen molar-refractivity contribution in [3.63, 3.8) is 0 Å². The lowest BCUT2D eigenvalue weighted by molar-refractivity contribution is 0.146. The third kappa shape index (κ3) is 5.41. The Balaban J connectivity index is 2.58. The molecule has 1 aromatic rings. The largest absolute Gasteiger partial charge is 0.489 e. The molecule has 3 heteroatoms. The van der Waals surface area contributed by atoms with Gasteiger partial charge >= 0.3 is 0 Å². The van der Waals surface area contributed by atoms with E-state index < -0.39 is 0 Å². The zero-order chi connectivity index (χ0) is 13.4. The predicted molar refractivity (Wildman–Crippen MR) is 76.5 cm³/mol. The molecule has 0 atom stereocenters. The summed E-state index contributed by atoms with van der Waals surface area (Å²) < 4.78 is 10.7. The van der Waals surface area contributed by atoms with Gasteiger partial charge < -0.3 is 14.8 Å². The molecule has 0 fully saturated rings. The molecule has 3 nitrogen and oxygen atoms in total. The number of hydrogen-bond donors (Lipinski definition) is 1. The molecule has 0 aliphatic heterocycles. The van der Waals surface area contributed by atoms with E-state index in [4.69, 9.17) is 9.47 Å². The Morgan fingerprint density at radius 2 is 2.00 bits per heavy atom. The summed E-state index contributed by atoms with van der Waals surface area (Å²) in [5, 5.41) is 3.43. The van der Waals surface area contributed by atoms with E-state index >= 15 is 0 Å². The highest BCUT2D eigenvalue weighted by Gasteiger charge is 2.04. The molecule has 0 spiro atoms. The molecular weight excluding hydrogens is 226 g/mol. The van der Waals surface area contributed by atoms with Crippen molar-refractivity contribution in [2.45, 2.75) is 27.2 Å². The van der Waals surface area contributed by atoms with Crippen LogP contribution < -0.4 is 10.1 Å². The quantitative estimate of drug-likeness (QED) is 0.718. The Bertz CT molecular complexity index is 350. The van der Waals surface area contributed by atoms with Crippen LogP contribution in [0, 0.1) is 12.8 Å². The molecule has 1 N–H and O–H groups in total. The van der Waals surface area contributed by atoms with Gasteiger partial charge in [0.15, 0.2) is 0 Å². The number of benzene rings is 1. The standard InChI is InChI=1S/C15H25NO2/c1-12(2)7-8-16-14-6-5-13(3)11-15(14)18-10-9-17-4/h5-6,11-12,16H,7-10H2,1-4H3. The normalized spacial score (nSPS) is 10.7. The molecule has 102 valence electrons. The van der Waals surface area contributed by atoms with Crippen LogP contribution in [0.1, 0.15) is 25.8 Å². The molecule has 0 aliphatic carbocycles. The lowest BCUT2D eigenvalue weighted by Crippen LogP contribution is -2.09. The number of aryl methyl sites for hydroxylation is 1. The number of methoxy groups -OCH3 is 1. The van der Waals surface area contributed by atoms with Crippen LogP contribution in [0.3, 0.4) is 0 Å². The van der Waals surface area contributed by atoms with Crippen molar-refractivity contribution < 1.29 is 9.47 Å². The summed E-state index contributed by atoms with van der Waals surface area (Å²) in [6, 6.07) is 6.24. The molecule has 0 saturated carbocycles. The van der Waals surface area contributed by atoms with Crippen LogP contribution in [0.15, 0.2) is 18.2 Å². The second-order valence-electron chi connectivity index (χ2n) is 4.95. The Morgan fingerprint density at radius 3 is 2.67 bits per heavy atom. The van der Waals surface area contributed by atoms with Crippen molar-refractivity contribution in [1.29, 1.82) is 0 Å². The van der Waals surface area contributed by atoms with E-state index in [2.05, 4.69) is 44.3 Å². The van der Waals surface area contributed by atoms with E-state index in [0.29, 0.717) is 19.1 Å². The number of rotatable bonds is 8. The van der Waals surface area contributed by atoms with Gasteiger partial charge in [0.1, 0.15) is 12.4 Å². The fourth-order valence-corrected chi connectivity index (χ4v) is 1.63. The first-order chi connectivity index (χ1) is 8.63. The SMILES string of the molecule is COCCOc1cc(C)ccc1NCCC(C)C. The summed E-state index contributed by atoms with van der Waals surface area (Å²) in [7, 11) is 1.68. The summed E-state index contributed by atoms with van der Waals surface area (Å²) in [4.78, 5) is 0. The highest BCUT2D eigenvalue weighted by Crippen LogP contribution is 2.25. The molecule has 1 aromatic carbocycles. The van der Waals surface area contributed by atoms with Crippen LogP contribution in [-0.2, 0) is 4.74 Å². The van der Waals surface area contributed by atoms with Crippen molar-refractivity contribution >= 4 is 5.69 Å². The van der Waals surface area contributed by atoms with Gasteiger partial charge in [-0.05, 0) is 37.0 Å². The van der Waals surface area contributed by atoms with Crippen LogP contribution in [0.25, 0.3) is 0 Å². The summed E-state index contributed by atoms with van der Waals surface area (Å²) in [6.45, 7) is 8.69. The Labute approximate surface area is 110 Å². The van der Waals surface area contributed by atoms with Crippen LogP contribution in [0.2, 0.25) is 0 Å². The minimum atomic E-state index is 0.582. The lowest BCUT2D eigenvalue weighted by atomic mass is 10.1. The average Bonchev–Trinajstić information content (AvgIpc) is 2.32. The van der Waals surface area contributed by atoms with Crippen LogP contribution >= 0.6 is 0 Å². The van der Waals surface area contributed by atoms with Crippen LogP contribution in [0.5, 0.6) is 5.75 Å². The van der Waals surface area contributed by atoms with Gasteiger partial charge in [0.2, 0.25) is 0 Å². The minimum absolute atomic E-state index is 0.582. The first kappa shape index (κ1) is 14.8. The van der Waals surface area contributed by atoms with Gasteiger partial charge in [-0.1, -0.05) is 19.9 Å². The highest BCUT2D eigenvalue weighted by atomic mass is 16.5. The first-order valence-corrected chi connectivity index (χ1v) is 6.59. The van der Waals surface area contributed by atoms with Crippen LogP contribution in [0.4, 0.5) is 5.69 Å². The fraction of sp³-hybridized carbons (Fsp3) is 0.600. The van der Waals surface area contributed by atoms with Gasteiger partial charge in [0.25, 0.3) is 0 Å². The molecule has 0 radical (unpaired) electrons. The van der Waals surface area contributed by atoms with E-state index in [9.17, 15) is 0 Å². The second-order valence-corrected chi connectivity index (χ2v) is 4.95. The summed E-state index contributed by atoms with van der Waals surface area (Å²) in [5.41, 5.74) is 2.27. The lowest BCUT2D eigenvalue weighted by Gasteiger charge is -2.14. The average molecular weight is 251 g/mol. The molecular formula is C15H25NO2. The summed E-state index contributed by atoms with van der Waals surface area (Å²) in [6.07, 6.45) is 1.16. The Kier molecular flexibility index (Phi) is 6.58. The smallest absolute Gasteiger partial charge is 0.142 e.